The third-order valence-corrected chi connectivity index (χ3v) is 3.33. The summed E-state index contributed by atoms with van der Waals surface area (Å²) in [4.78, 5) is 2.30. The highest BCUT2D eigenvalue weighted by molar-refractivity contribution is 7.80. The Labute approximate surface area is 93.1 Å². The van der Waals surface area contributed by atoms with Crippen LogP contribution in [0.25, 0.3) is 0 Å². The minimum absolute atomic E-state index is 0.511. The molecule has 1 fully saturated rings. The summed E-state index contributed by atoms with van der Waals surface area (Å²) in [6.07, 6.45) is 3.64. The van der Waals surface area contributed by atoms with Crippen LogP contribution in [0.5, 0.6) is 0 Å². The lowest BCUT2D eigenvalue weighted by Gasteiger charge is -2.38. The number of hydrogen-bond acceptors (Lipinski definition) is 1. The van der Waals surface area contributed by atoms with Gasteiger partial charge in [0.15, 0.2) is 5.11 Å². The zero-order valence-electron chi connectivity index (χ0n) is 9.60. The van der Waals surface area contributed by atoms with E-state index in [2.05, 4.69) is 31.0 Å². The first-order chi connectivity index (χ1) is 6.55. The van der Waals surface area contributed by atoms with Gasteiger partial charge in [0.1, 0.15) is 0 Å². The van der Waals surface area contributed by atoms with Crippen molar-refractivity contribution < 1.29 is 0 Å². The molecule has 1 rings (SSSR count). The summed E-state index contributed by atoms with van der Waals surface area (Å²) in [7, 11) is 0. The number of nitrogens with zero attached hydrogens (tertiary/aromatic N) is 1. The van der Waals surface area contributed by atoms with E-state index in [1.807, 2.05) is 0 Å². The Hall–Kier alpha value is -0.310. The van der Waals surface area contributed by atoms with Crippen LogP contribution < -0.4 is 5.32 Å². The number of hydrogen-bond donors (Lipinski definition) is 1. The Morgan fingerprint density at radius 1 is 1.36 bits per heavy atom. The van der Waals surface area contributed by atoms with E-state index in [4.69, 9.17) is 12.2 Å². The van der Waals surface area contributed by atoms with Gasteiger partial charge in [-0.3, -0.25) is 0 Å². The fourth-order valence-electron chi connectivity index (χ4n) is 1.66. The minimum atomic E-state index is 0.511. The standard InChI is InChI=1S/C11H22N2S/c1-4-7-12-10(14)13-8-5-11(2,3)6-9-13/h4-9H2,1-3H3,(H,12,14). The average Bonchev–Trinajstić information content (AvgIpc) is 2.14. The van der Waals surface area contributed by atoms with Gasteiger partial charge in [-0.05, 0) is 36.9 Å². The summed E-state index contributed by atoms with van der Waals surface area (Å²) in [6, 6.07) is 0. The van der Waals surface area contributed by atoms with Crippen molar-refractivity contribution in [1.82, 2.24) is 10.2 Å². The van der Waals surface area contributed by atoms with Crippen LogP contribution in [-0.4, -0.2) is 29.6 Å². The molecule has 2 nitrogen and oxygen atoms in total. The fraction of sp³-hybridized carbons (Fsp3) is 0.909. The lowest BCUT2D eigenvalue weighted by Crippen LogP contribution is -2.46. The van der Waals surface area contributed by atoms with Crippen molar-refractivity contribution >= 4 is 17.3 Å². The van der Waals surface area contributed by atoms with Gasteiger partial charge in [-0.25, -0.2) is 0 Å². The van der Waals surface area contributed by atoms with E-state index >= 15 is 0 Å². The van der Waals surface area contributed by atoms with Crippen molar-refractivity contribution in [3.63, 3.8) is 0 Å². The molecule has 0 bridgehead atoms. The van der Waals surface area contributed by atoms with E-state index in [-0.39, 0.29) is 0 Å². The van der Waals surface area contributed by atoms with E-state index in [0.29, 0.717) is 5.41 Å². The van der Waals surface area contributed by atoms with Crippen LogP contribution in [0.3, 0.4) is 0 Å². The molecule has 1 saturated heterocycles. The molecule has 0 amide bonds. The van der Waals surface area contributed by atoms with Crippen molar-refractivity contribution in [2.45, 2.75) is 40.0 Å². The van der Waals surface area contributed by atoms with Crippen molar-refractivity contribution in [1.29, 1.82) is 0 Å². The van der Waals surface area contributed by atoms with Gasteiger partial charge in [-0.1, -0.05) is 20.8 Å². The smallest absolute Gasteiger partial charge is 0.168 e. The van der Waals surface area contributed by atoms with Crippen LogP contribution in [0.4, 0.5) is 0 Å². The number of piperidine rings is 1. The Balaban J connectivity index is 2.30. The molecule has 0 aromatic heterocycles. The van der Waals surface area contributed by atoms with Crippen LogP contribution in [0.1, 0.15) is 40.0 Å². The maximum absolute atomic E-state index is 5.33. The van der Waals surface area contributed by atoms with Crippen LogP contribution in [0.15, 0.2) is 0 Å². The molecule has 82 valence electrons. The second kappa shape index (κ2) is 4.96. The lowest BCUT2D eigenvalue weighted by atomic mass is 9.83. The molecule has 0 saturated carbocycles. The molecule has 0 radical (unpaired) electrons. The molecular weight excluding hydrogens is 192 g/mol. The highest BCUT2D eigenvalue weighted by atomic mass is 32.1. The van der Waals surface area contributed by atoms with Crippen LogP contribution >= 0.6 is 12.2 Å². The summed E-state index contributed by atoms with van der Waals surface area (Å²) < 4.78 is 0. The highest BCUT2D eigenvalue weighted by Gasteiger charge is 2.26. The normalized spacial score (nSPS) is 20.6. The predicted octanol–water partition coefficient (Wildman–Crippen LogP) is 2.39. The molecule has 3 heteroatoms. The van der Waals surface area contributed by atoms with Crippen molar-refractivity contribution in [2.24, 2.45) is 5.41 Å². The topological polar surface area (TPSA) is 15.3 Å². The van der Waals surface area contributed by atoms with Crippen molar-refractivity contribution in [2.75, 3.05) is 19.6 Å². The maximum atomic E-state index is 5.33. The first-order valence-corrected chi connectivity index (χ1v) is 5.99. The van der Waals surface area contributed by atoms with E-state index < -0.39 is 0 Å². The second-order valence-corrected chi connectivity index (χ2v) is 5.27. The number of thiocarbonyl (C=S) groups is 1. The zero-order valence-corrected chi connectivity index (χ0v) is 10.4. The summed E-state index contributed by atoms with van der Waals surface area (Å²) in [5.74, 6) is 0. The SMILES string of the molecule is CCCNC(=S)N1CCC(C)(C)CC1. The van der Waals surface area contributed by atoms with Crippen molar-refractivity contribution in [3.05, 3.63) is 0 Å². The van der Waals surface area contributed by atoms with E-state index in [0.717, 1.165) is 31.2 Å². The average molecular weight is 214 g/mol. The van der Waals surface area contributed by atoms with Gasteiger partial charge >= 0.3 is 0 Å². The second-order valence-electron chi connectivity index (χ2n) is 4.88. The molecule has 0 unspecified atom stereocenters. The van der Waals surface area contributed by atoms with Crippen LogP contribution in [0.2, 0.25) is 0 Å². The molecule has 0 spiro atoms. The highest BCUT2D eigenvalue weighted by Crippen LogP contribution is 2.29. The van der Waals surface area contributed by atoms with E-state index in [1.165, 1.54) is 12.8 Å². The number of likely N-dealkylation sites (tertiary alicyclic amines) is 1. The monoisotopic (exact) mass is 214 g/mol. The number of nitrogens with one attached hydrogen (secondary N) is 1. The van der Waals surface area contributed by atoms with Crippen LogP contribution in [0, 0.1) is 5.41 Å². The van der Waals surface area contributed by atoms with Gasteiger partial charge in [0, 0.05) is 19.6 Å². The van der Waals surface area contributed by atoms with Gasteiger partial charge in [0.25, 0.3) is 0 Å². The van der Waals surface area contributed by atoms with E-state index in [9.17, 15) is 0 Å². The van der Waals surface area contributed by atoms with Gasteiger partial charge in [0.05, 0.1) is 0 Å². The molecule has 0 atom stereocenters. The maximum Gasteiger partial charge on any atom is 0.168 e. The first-order valence-electron chi connectivity index (χ1n) is 5.58. The Morgan fingerprint density at radius 3 is 2.43 bits per heavy atom. The molecule has 0 aliphatic carbocycles. The van der Waals surface area contributed by atoms with Gasteiger partial charge in [-0.2, -0.15) is 0 Å². The fourth-order valence-corrected chi connectivity index (χ4v) is 1.94. The Kier molecular flexibility index (Phi) is 4.17. The number of rotatable bonds is 2. The Morgan fingerprint density at radius 2 is 1.93 bits per heavy atom. The third-order valence-electron chi connectivity index (χ3n) is 2.93. The molecular formula is C11H22N2S. The predicted molar refractivity (Wildman–Crippen MR) is 65.5 cm³/mol. The molecule has 14 heavy (non-hydrogen) atoms. The quantitative estimate of drug-likeness (QED) is 0.711. The summed E-state index contributed by atoms with van der Waals surface area (Å²) in [6.45, 7) is 10.1. The molecule has 0 aromatic carbocycles. The largest absolute Gasteiger partial charge is 0.363 e. The summed E-state index contributed by atoms with van der Waals surface area (Å²) in [5, 5.41) is 4.23. The lowest BCUT2D eigenvalue weighted by molar-refractivity contribution is 0.187. The Bertz CT molecular complexity index is 191. The first kappa shape index (κ1) is 11.8. The zero-order chi connectivity index (χ0) is 10.6. The van der Waals surface area contributed by atoms with Gasteiger partial charge < -0.3 is 10.2 Å². The molecule has 0 aromatic rings. The molecule has 1 N–H and O–H groups in total. The van der Waals surface area contributed by atoms with Crippen LogP contribution in [-0.2, 0) is 0 Å². The summed E-state index contributed by atoms with van der Waals surface area (Å²) in [5.41, 5.74) is 0.511. The van der Waals surface area contributed by atoms with E-state index in [1.54, 1.807) is 0 Å². The summed E-state index contributed by atoms with van der Waals surface area (Å²) >= 11 is 5.33. The van der Waals surface area contributed by atoms with Gasteiger partial charge in [0.2, 0.25) is 0 Å². The molecule has 1 heterocycles. The molecule has 1 aliphatic rings. The third kappa shape index (κ3) is 3.45. The van der Waals surface area contributed by atoms with Gasteiger partial charge in [-0.15, -0.1) is 0 Å². The molecule has 1 aliphatic heterocycles. The minimum Gasteiger partial charge on any atom is -0.363 e. The van der Waals surface area contributed by atoms with Crippen molar-refractivity contribution in [3.8, 4) is 0 Å².